The van der Waals surface area contributed by atoms with Crippen molar-refractivity contribution < 1.29 is 9.84 Å². The molecule has 31 heavy (non-hydrogen) atoms. The molecule has 4 nitrogen and oxygen atoms in total. The van der Waals surface area contributed by atoms with Gasteiger partial charge in [-0.1, -0.05) is 44.5 Å². The third-order valence-electron chi connectivity index (χ3n) is 5.68. The lowest BCUT2D eigenvalue weighted by atomic mass is 9.96. The molecule has 0 aliphatic carbocycles. The van der Waals surface area contributed by atoms with Crippen molar-refractivity contribution in [1.29, 1.82) is 5.26 Å². The van der Waals surface area contributed by atoms with Crippen LogP contribution >= 0.6 is 0 Å². The van der Waals surface area contributed by atoms with Crippen LogP contribution in [0.5, 0.6) is 5.75 Å². The highest BCUT2D eigenvalue weighted by atomic mass is 16.5. The number of aliphatic hydroxyl groups excluding tert-OH is 1. The van der Waals surface area contributed by atoms with E-state index in [1.165, 1.54) is 23.1 Å². The van der Waals surface area contributed by atoms with Gasteiger partial charge in [0.1, 0.15) is 5.75 Å². The van der Waals surface area contributed by atoms with E-state index in [1.807, 2.05) is 19.9 Å². The summed E-state index contributed by atoms with van der Waals surface area (Å²) in [5.41, 5.74) is 5.82. The van der Waals surface area contributed by atoms with Gasteiger partial charge in [0.05, 0.1) is 18.2 Å². The minimum absolute atomic E-state index is 0.601. The number of hydrogen-bond acceptors (Lipinski definition) is 4. The Hall–Kier alpha value is -2.35. The molecule has 1 fully saturated rings. The van der Waals surface area contributed by atoms with Crippen molar-refractivity contribution in [2.75, 3.05) is 33.4 Å². The highest BCUT2D eigenvalue weighted by molar-refractivity contribution is 5.45. The van der Waals surface area contributed by atoms with Gasteiger partial charge in [-0.15, -0.1) is 0 Å². The van der Waals surface area contributed by atoms with E-state index in [1.54, 1.807) is 0 Å². The SMILES string of the molecule is CC.CCc1cc(C#N)c(C)c(CCN2CCC(COc3ccc(C)cc3)C2)c1.CO. The predicted molar refractivity (Wildman–Crippen MR) is 130 cm³/mol. The monoisotopic (exact) mass is 424 g/mol. The third-order valence-corrected chi connectivity index (χ3v) is 5.68. The summed E-state index contributed by atoms with van der Waals surface area (Å²) in [4.78, 5) is 2.53. The Balaban J connectivity index is 0.00000113. The molecule has 1 N–H and O–H groups in total. The van der Waals surface area contributed by atoms with Gasteiger partial charge in [0.25, 0.3) is 0 Å². The Bertz CT molecular complexity index is 809. The first-order chi connectivity index (χ1) is 15.1. The summed E-state index contributed by atoms with van der Waals surface area (Å²) in [6.07, 6.45) is 3.19. The Morgan fingerprint density at radius 1 is 1.13 bits per heavy atom. The van der Waals surface area contributed by atoms with Crippen LogP contribution in [-0.2, 0) is 12.8 Å². The largest absolute Gasteiger partial charge is 0.493 e. The van der Waals surface area contributed by atoms with Crippen molar-refractivity contribution in [2.45, 2.75) is 53.9 Å². The van der Waals surface area contributed by atoms with Gasteiger partial charge in [-0.3, -0.25) is 0 Å². The standard InChI is InChI=1S/C24H30N2O.C2H6.CH4O/c1-4-20-13-22(19(3)23(14-20)15-25)10-12-26-11-9-21(16-26)17-27-24-7-5-18(2)6-8-24;2*1-2/h5-8,13-14,21H,4,9-12,16-17H2,1-3H3;1-2H3;2H,1H3. The van der Waals surface area contributed by atoms with Crippen LogP contribution in [-0.4, -0.2) is 43.4 Å². The van der Waals surface area contributed by atoms with Crippen molar-refractivity contribution in [3.63, 3.8) is 0 Å². The normalized spacial score (nSPS) is 15.2. The number of hydrogen-bond donors (Lipinski definition) is 1. The number of nitrogens with zero attached hydrogens (tertiary/aromatic N) is 2. The predicted octanol–water partition coefficient (Wildman–Crippen LogP) is 5.32. The van der Waals surface area contributed by atoms with Gasteiger partial charge in [0.2, 0.25) is 0 Å². The maximum absolute atomic E-state index is 9.37. The highest BCUT2D eigenvalue weighted by Gasteiger charge is 2.23. The van der Waals surface area contributed by atoms with Crippen LogP contribution in [0.3, 0.4) is 0 Å². The Morgan fingerprint density at radius 2 is 1.81 bits per heavy atom. The molecular formula is C27H40N2O2. The third kappa shape index (κ3) is 8.36. The van der Waals surface area contributed by atoms with Crippen LogP contribution in [0.4, 0.5) is 0 Å². The molecule has 2 aromatic carbocycles. The van der Waals surface area contributed by atoms with E-state index in [4.69, 9.17) is 9.84 Å². The number of aliphatic hydroxyl groups is 1. The fraction of sp³-hybridized carbons (Fsp3) is 0.519. The van der Waals surface area contributed by atoms with Crippen molar-refractivity contribution in [3.8, 4) is 11.8 Å². The molecule has 0 spiro atoms. The average molecular weight is 425 g/mol. The van der Waals surface area contributed by atoms with Crippen LogP contribution in [0, 0.1) is 31.1 Å². The zero-order valence-corrected chi connectivity index (χ0v) is 20.2. The number of rotatable bonds is 7. The van der Waals surface area contributed by atoms with E-state index in [9.17, 15) is 5.26 Å². The van der Waals surface area contributed by atoms with E-state index in [-0.39, 0.29) is 0 Å². The zero-order valence-electron chi connectivity index (χ0n) is 20.2. The minimum Gasteiger partial charge on any atom is -0.493 e. The molecule has 0 aromatic heterocycles. The van der Waals surface area contributed by atoms with E-state index in [0.29, 0.717) is 5.92 Å². The Kier molecular flexibility index (Phi) is 12.6. The van der Waals surface area contributed by atoms with Gasteiger partial charge in [0, 0.05) is 26.1 Å². The van der Waals surface area contributed by atoms with Gasteiger partial charge in [-0.25, -0.2) is 0 Å². The van der Waals surface area contributed by atoms with Gasteiger partial charge >= 0.3 is 0 Å². The molecule has 0 radical (unpaired) electrons. The van der Waals surface area contributed by atoms with Gasteiger partial charge in [-0.05, 0) is 74.5 Å². The molecule has 2 aromatic rings. The van der Waals surface area contributed by atoms with E-state index in [0.717, 1.165) is 63.1 Å². The van der Waals surface area contributed by atoms with Crippen LogP contribution in [0.2, 0.25) is 0 Å². The average Bonchev–Trinajstić information content (AvgIpc) is 3.28. The van der Waals surface area contributed by atoms with Gasteiger partial charge in [-0.2, -0.15) is 5.26 Å². The molecule has 1 aliphatic heterocycles. The molecule has 1 atom stereocenters. The maximum Gasteiger partial charge on any atom is 0.119 e. The molecular weight excluding hydrogens is 384 g/mol. The summed E-state index contributed by atoms with van der Waals surface area (Å²) in [6.45, 7) is 14.4. The lowest BCUT2D eigenvalue weighted by Gasteiger charge is -2.18. The molecule has 4 heteroatoms. The first kappa shape index (κ1) is 26.7. The number of nitriles is 1. The summed E-state index contributed by atoms with van der Waals surface area (Å²) in [6, 6.07) is 15.0. The molecule has 170 valence electrons. The summed E-state index contributed by atoms with van der Waals surface area (Å²) >= 11 is 0. The summed E-state index contributed by atoms with van der Waals surface area (Å²) < 4.78 is 5.97. The molecule has 0 bridgehead atoms. The first-order valence-corrected chi connectivity index (χ1v) is 11.5. The van der Waals surface area contributed by atoms with Gasteiger partial charge in [0.15, 0.2) is 0 Å². The number of likely N-dealkylation sites (tertiary alicyclic amines) is 1. The summed E-state index contributed by atoms with van der Waals surface area (Å²) in [5, 5.41) is 16.4. The quantitative estimate of drug-likeness (QED) is 0.654. The summed E-state index contributed by atoms with van der Waals surface area (Å²) in [5.74, 6) is 1.57. The van der Waals surface area contributed by atoms with Crippen molar-refractivity contribution >= 4 is 0 Å². The topological polar surface area (TPSA) is 56.5 Å². The lowest BCUT2D eigenvalue weighted by Crippen LogP contribution is -2.25. The van der Waals surface area contributed by atoms with Crippen molar-refractivity contribution in [1.82, 2.24) is 4.90 Å². The van der Waals surface area contributed by atoms with Crippen molar-refractivity contribution in [2.24, 2.45) is 5.92 Å². The maximum atomic E-state index is 9.37. The molecule has 3 rings (SSSR count). The number of benzene rings is 2. The van der Waals surface area contributed by atoms with E-state index in [2.05, 4.69) is 62.1 Å². The van der Waals surface area contributed by atoms with E-state index >= 15 is 0 Å². The zero-order chi connectivity index (χ0) is 23.2. The number of ether oxygens (including phenoxy) is 1. The van der Waals surface area contributed by atoms with Crippen LogP contribution in [0.1, 0.15) is 55.0 Å². The smallest absolute Gasteiger partial charge is 0.119 e. The van der Waals surface area contributed by atoms with Crippen LogP contribution in [0.15, 0.2) is 36.4 Å². The second-order valence-electron chi connectivity index (χ2n) is 7.72. The molecule has 1 saturated heterocycles. The van der Waals surface area contributed by atoms with Crippen LogP contribution in [0.25, 0.3) is 0 Å². The van der Waals surface area contributed by atoms with Gasteiger partial charge < -0.3 is 14.7 Å². The van der Waals surface area contributed by atoms with Crippen molar-refractivity contribution in [3.05, 3.63) is 64.2 Å². The lowest BCUT2D eigenvalue weighted by molar-refractivity contribution is 0.241. The fourth-order valence-corrected chi connectivity index (χ4v) is 3.80. The molecule has 0 amide bonds. The molecule has 1 unspecified atom stereocenters. The fourth-order valence-electron chi connectivity index (χ4n) is 3.80. The second kappa shape index (κ2) is 14.6. The van der Waals surface area contributed by atoms with E-state index < -0.39 is 0 Å². The van der Waals surface area contributed by atoms with Crippen LogP contribution < -0.4 is 4.74 Å². The molecule has 0 saturated carbocycles. The Morgan fingerprint density at radius 3 is 2.42 bits per heavy atom. The Labute approximate surface area is 189 Å². The first-order valence-electron chi connectivity index (χ1n) is 11.5. The molecule has 1 aliphatic rings. The summed E-state index contributed by atoms with van der Waals surface area (Å²) in [7, 11) is 1.00. The minimum atomic E-state index is 0.601. The second-order valence-corrected chi connectivity index (χ2v) is 7.72. The number of aryl methyl sites for hydroxylation is 2. The highest BCUT2D eigenvalue weighted by Crippen LogP contribution is 2.22. The molecule has 1 heterocycles.